The molecule has 0 bridgehead atoms. The molecule has 1 heterocycles. The van der Waals surface area contributed by atoms with Gasteiger partial charge in [0, 0.05) is 0 Å². The molecule has 0 N–H and O–H groups in total. The molecule has 0 spiro atoms. The Labute approximate surface area is 199 Å². The van der Waals surface area contributed by atoms with Gasteiger partial charge in [-0.3, -0.25) is 0 Å². The van der Waals surface area contributed by atoms with Crippen molar-refractivity contribution in [2.75, 3.05) is 13.2 Å². The Hall–Kier alpha value is -3.40. The Kier molecular flexibility index (Phi) is 4.61. The molecule has 1 aliphatic carbocycles. The highest BCUT2D eigenvalue weighted by atomic mass is 16.6. The fourth-order valence-corrected chi connectivity index (χ4v) is 5.80. The Morgan fingerprint density at radius 2 is 1.21 bits per heavy atom. The van der Waals surface area contributed by atoms with Gasteiger partial charge in [0.1, 0.15) is 0 Å². The Balaban J connectivity index is 1.73. The SMILES string of the molecule is CC1CC=CC=C1c1c2cc3ccccc3cc2c(B2OCCO2)c2cc3ccccc3cc12. The average Bonchev–Trinajstić information content (AvgIpc) is 3.40. The Bertz CT molecular complexity index is 1560. The molecule has 1 unspecified atom stereocenters. The molecule has 1 aliphatic heterocycles. The van der Waals surface area contributed by atoms with Crippen LogP contribution in [0.5, 0.6) is 0 Å². The van der Waals surface area contributed by atoms with Crippen molar-refractivity contribution >= 4 is 61.2 Å². The zero-order valence-corrected chi connectivity index (χ0v) is 19.3. The quantitative estimate of drug-likeness (QED) is 0.217. The van der Waals surface area contributed by atoms with Crippen LogP contribution in [0.2, 0.25) is 0 Å². The molecule has 7 rings (SSSR count). The van der Waals surface area contributed by atoms with Gasteiger partial charge >= 0.3 is 7.12 Å². The second-order valence-electron chi connectivity index (χ2n) is 9.54. The number of rotatable bonds is 2. The van der Waals surface area contributed by atoms with Crippen LogP contribution in [-0.2, 0) is 9.31 Å². The van der Waals surface area contributed by atoms with Gasteiger partial charge in [-0.1, -0.05) is 73.7 Å². The normalized spacial score (nSPS) is 18.4. The molecular formula is C31H25BO2. The highest BCUT2D eigenvalue weighted by Gasteiger charge is 2.32. The summed E-state index contributed by atoms with van der Waals surface area (Å²) < 4.78 is 12.3. The first-order chi connectivity index (χ1) is 16.8. The maximum absolute atomic E-state index is 6.14. The molecule has 5 aromatic carbocycles. The van der Waals surface area contributed by atoms with Crippen molar-refractivity contribution in [3.05, 3.63) is 96.6 Å². The number of hydrogen-bond donors (Lipinski definition) is 0. The average molecular weight is 440 g/mol. The van der Waals surface area contributed by atoms with Crippen LogP contribution in [0.25, 0.3) is 48.7 Å². The van der Waals surface area contributed by atoms with E-state index in [0.717, 1.165) is 11.9 Å². The van der Waals surface area contributed by atoms with Crippen LogP contribution in [0.3, 0.4) is 0 Å². The molecule has 2 nitrogen and oxygen atoms in total. The first-order valence-corrected chi connectivity index (χ1v) is 12.2. The van der Waals surface area contributed by atoms with Gasteiger partial charge in [-0.25, -0.2) is 0 Å². The molecule has 5 aromatic rings. The van der Waals surface area contributed by atoms with Crippen LogP contribution in [0, 0.1) is 5.92 Å². The van der Waals surface area contributed by atoms with Crippen molar-refractivity contribution in [1.29, 1.82) is 0 Å². The zero-order chi connectivity index (χ0) is 22.6. The zero-order valence-electron chi connectivity index (χ0n) is 19.3. The minimum atomic E-state index is -0.348. The first kappa shape index (κ1) is 20.0. The third-order valence-electron chi connectivity index (χ3n) is 7.47. The van der Waals surface area contributed by atoms with Gasteiger partial charge in [0.25, 0.3) is 0 Å². The molecule has 0 radical (unpaired) electrons. The van der Waals surface area contributed by atoms with Gasteiger partial charge in [-0.05, 0) is 96.3 Å². The summed E-state index contributed by atoms with van der Waals surface area (Å²) in [4.78, 5) is 0. The van der Waals surface area contributed by atoms with Gasteiger partial charge < -0.3 is 9.31 Å². The lowest BCUT2D eigenvalue weighted by Crippen LogP contribution is -2.33. The Morgan fingerprint density at radius 3 is 1.71 bits per heavy atom. The summed E-state index contributed by atoms with van der Waals surface area (Å²) >= 11 is 0. The number of benzene rings is 5. The van der Waals surface area contributed by atoms with Crippen LogP contribution < -0.4 is 5.46 Å². The smallest absolute Gasteiger partial charge is 0.405 e. The molecule has 0 amide bonds. The number of fused-ring (bicyclic) bond motifs is 4. The van der Waals surface area contributed by atoms with E-state index >= 15 is 0 Å². The summed E-state index contributed by atoms with van der Waals surface area (Å²) in [5, 5.41) is 10.0. The molecule has 34 heavy (non-hydrogen) atoms. The minimum Gasteiger partial charge on any atom is -0.405 e. The second kappa shape index (κ2) is 7.83. The lowest BCUT2D eigenvalue weighted by molar-refractivity contribution is 0.365. The maximum atomic E-state index is 6.14. The summed E-state index contributed by atoms with van der Waals surface area (Å²) in [6, 6.07) is 26.7. The lowest BCUT2D eigenvalue weighted by Gasteiger charge is -2.24. The van der Waals surface area contributed by atoms with E-state index in [9.17, 15) is 0 Å². The monoisotopic (exact) mass is 440 g/mol. The molecule has 0 aromatic heterocycles. The largest absolute Gasteiger partial charge is 0.495 e. The summed E-state index contributed by atoms with van der Waals surface area (Å²) in [7, 11) is -0.348. The summed E-state index contributed by atoms with van der Waals surface area (Å²) in [6.45, 7) is 3.60. The second-order valence-corrected chi connectivity index (χ2v) is 9.54. The molecule has 3 heteroatoms. The van der Waals surface area contributed by atoms with Crippen LogP contribution in [-0.4, -0.2) is 20.3 Å². The maximum Gasteiger partial charge on any atom is 0.495 e. The van der Waals surface area contributed by atoms with E-state index in [0.29, 0.717) is 19.1 Å². The first-order valence-electron chi connectivity index (χ1n) is 12.2. The standard InChI is InChI=1S/C31H25BO2/c1-20-8-2-7-13-25(20)30-26-16-21-9-3-5-11-23(21)18-28(26)31(32-33-14-15-34-32)29-19-24-12-6-4-10-22(24)17-27(29)30/h2-7,9-13,16-20H,8,14-15H2,1H3. The predicted molar refractivity (Wildman–Crippen MR) is 145 cm³/mol. The van der Waals surface area contributed by atoms with Crippen molar-refractivity contribution in [3.63, 3.8) is 0 Å². The topological polar surface area (TPSA) is 18.5 Å². The van der Waals surface area contributed by atoms with E-state index in [4.69, 9.17) is 9.31 Å². The molecule has 2 aliphatic rings. The van der Waals surface area contributed by atoms with Gasteiger partial charge in [0.05, 0.1) is 13.2 Å². The van der Waals surface area contributed by atoms with Crippen molar-refractivity contribution < 1.29 is 9.31 Å². The van der Waals surface area contributed by atoms with Crippen molar-refractivity contribution in [1.82, 2.24) is 0 Å². The van der Waals surface area contributed by atoms with E-state index in [1.807, 2.05) is 0 Å². The molecule has 0 saturated carbocycles. The van der Waals surface area contributed by atoms with E-state index in [-0.39, 0.29) is 7.12 Å². The predicted octanol–water partition coefficient (Wildman–Crippen LogP) is 7.02. The van der Waals surface area contributed by atoms with E-state index < -0.39 is 0 Å². The van der Waals surface area contributed by atoms with E-state index in [1.54, 1.807) is 0 Å². The third kappa shape index (κ3) is 3.05. The molecule has 1 saturated heterocycles. The third-order valence-corrected chi connectivity index (χ3v) is 7.47. The lowest BCUT2D eigenvalue weighted by atomic mass is 9.70. The number of allylic oxidation sites excluding steroid dienone is 4. The molecular weight excluding hydrogens is 415 g/mol. The van der Waals surface area contributed by atoms with Gasteiger partial charge in [0.2, 0.25) is 0 Å². The van der Waals surface area contributed by atoms with E-state index in [2.05, 4.69) is 97.9 Å². The van der Waals surface area contributed by atoms with Gasteiger partial charge in [-0.15, -0.1) is 0 Å². The molecule has 164 valence electrons. The fraction of sp³-hybridized carbons (Fsp3) is 0.161. The van der Waals surface area contributed by atoms with Crippen LogP contribution in [0.1, 0.15) is 18.9 Å². The summed E-state index contributed by atoms with van der Waals surface area (Å²) in [6.07, 6.45) is 7.87. The van der Waals surface area contributed by atoms with Crippen LogP contribution >= 0.6 is 0 Å². The molecule has 1 atom stereocenters. The fourth-order valence-electron chi connectivity index (χ4n) is 5.80. The summed E-state index contributed by atoms with van der Waals surface area (Å²) in [5.41, 5.74) is 3.91. The van der Waals surface area contributed by atoms with Gasteiger partial charge in [-0.2, -0.15) is 0 Å². The molecule has 1 fully saturated rings. The summed E-state index contributed by atoms with van der Waals surface area (Å²) in [5.74, 6) is 0.458. The van der Waals surface area contributed by atoms with E-state index in [1.165, 1.54) is 54.2 Å². The number of hydrogen-bond acceptors (Lipinski definition) is 2. The van der Waals surface area contributed by atoms with Crippen LogP contribution in [0.15, 0.2) is 91.0 Å². The highest BCUT2D eigenvalue weighted by molar-refractivity contribution is 6.68. The van der Waals surface area contributed by atoms with Crippen molar-refractivity contribution in [3.8, 4) is 0 Å². The minimum absolute atomic E-state index is 0.348. The van der Waals surface area contributed by atoms with Crippen LogP contribution in [0.4, 0.5) is 0 Å². The van der Waals surface area contributed by atoms with Gasteiger partial charge in [0.15, 0.2) is 0 Å². The van der Waals surface area contributed by atoms with Crippen molar-refractivity contribution in [2.24, 2.45) is 5.92 Å². The Morgan fingerprint density at radius 1 is 0.706 bits per heavy atom. The highest BCUT2D eigenvalue weighted by Crippen LogP contribution is 2.41. The van der Waals surface area contributed by atoms with Crippen molar-refractivity contribution in [2.45, 2.75) is 13.3 Å².